The Bertz CT molecular complexity index is 329. The molecule has 0 aromatic rings. The Labute approximate surface area is 128 Å². The first-order valence-electron chi connectivity index (χ1n) is 8.29. The van der Waals surface area contributed by atoms with Gasteiger partial charge in [-0.15, -0.1) is 0 Å². The number of hydrogen-bond donors (Lipinski definition) is 4. The van der Waals surface area contributed by atoms with Crippen LogP contribution in [0.2, 0.25) is 0 Å². The average Bonchev–Trinajstić information content (AvgIpc) is 2.47. The van der Waals surface area contributed by atoms with Crippen LogP contribution in [0.15, 0.2) is 0 Å². The Hall–Kier alpha value is -0.200. The van der Waals surface area contributed by atoms with Crippen LogP contribution in [0, 0.1) is 17.8 Å². The summed E-state index contributed by atoms with van der Waals surface area (Å²) in [7, 11) is 1.79. The number of aliphatic hydroxyl groups is 2. The maximum Gasteiger partial charge on any atom is 0.0709 e. The second-order valence-corrected chi connectivity index (χ2v) is 7.19. The molecule has 5 heteroatoms. The molecule has 0 radical (unpaired) electrons. The first kappa shape index (κ1) is 17.2. The molecule has 2 aliphatic rings. The second-order valence-electron chi connectivity index (χ2n) is 7.19. The van der Waals surface area contributed by atoms with Crippen LogP contribution in [0.25, 0.3) is 0 Å². The highest BCUT2D eigenvalue weighted by Gasteiger charge is 2.38. The van der Waals surface area contributed by atoms with E-state index in [1.54, 1.807) is 7.11 Å². The lowest BCUT2D eigenvalue weighted by Crippen LogP contribution is -2.56. The molecule has 2 saturated carbocycles. The fourth-order valence-corrected chi connectivity index (χ4v) is 4.05. The van der Waals surface area contributed by atoms with Crippen LogP contribution in [0.4, 0.5) is 0 Å². The van der Waals surface area contributed by atoms with Gasteiger partial charge in [-0.25, -0.2) is 0 Å². The van der Waals surface area contributed by atoms with E-state index in [0.29, 0.717) is 30.4 Å². The Morgan fingerprint density at radius 1 is 1.19 bits per heavy atom. The SMILES string of the molecule is CO[C@@H]1C[C@H](C)[C@H](C)[C@H](NC2CC(O)C(N)C(CO)C2)C1. The molecule has 5 N–H and O–H groups in total. The molecular weight excluding hydrogens is 268 g/mol. The van der Waals surface area contributed by atoms with Crippen molar-refractivity contribution < 1.29 is 14.9 Å². The minimum Gasteiger partial charge on any atom is -0.396 e. The third-order valence-electron chi connectivity index (χ3n) is 5.80. The van der Waals surface area contributed by atoms with E-state index in [-0.39, 0.29) is 24.6 Å². The third kappa shape index (κ3) is 3.96. The van der Waals surface area contributed by atoms with Crippen LogP contribution in [-0.2, 0) is 4.74 Å². The molecule has 0 aromatic carbocycles. The third-order valence-corrected chi connectivity index (χ3v) is 5.80. The standard InChI is InChI=1S/C16H32N2O3/c1-9-4-13(21-3)7-14(10(9)2)18-12-5-11(8-19)16(17)15(20)6-12/h9-16,18-20H,4-8,17H2,1-3H3/t9-,10-,11?,12?,13+,14+,15?,16?/m0/s1. The number of aliphatic hydroxyl groups excluding tert-OH is 2. The van der Waals surface area contributed by atoms with E-state index in [4.69, 9.17) is 10.5 Å². The first-order chi connectivity index (χ1) is 9.96. The highest BCUT2D eigenvalue weighted by Crippen LogP contribution is 2.33. The Morgan fingerprint density at radius 2 is 1.90 bits per heavy atom. The number of hydrogen-bond acceptors (Lipinski definition) is 5. The van der Waals surface area contributed by atoms with E-state index in [9.17, 15) is 10.2 Å². The van der Waals surface area contributed by atoms with Crippen molar-refractivity contribution in [2.24, 2.45) is 23.5 Å². The van der Waals surface area contributed by atoms with Crippen molar-refractivity contribution in [2.45, 2.75) is 69.9 Å². The van der Waals surface area contributed by atoms with E-state index in [1.165, 1.54) is 0 Å². The molecule has 21 heavy (non-hydrogen) atoms. The fraction of sp³-hybridized carbons (Fsp3) is 1.00. The van der Waals surface area contributed by atoms with Crippen LogP contribution < -0.4 is 11.1 Å². The summed E-state index contributed by atoms with van der Waals surface area (Å²) in [5.41, 5.74) is 5.96. The average molecular weight is 300 g/mol. The maximum atomic E-state index is 10.1. The zero-order chi connectivity index (χ0) is 15.6. The van der Waals surface area contributed by atoms with Crippen molar-refractivity contribution in [3.8, 4) is 0 Å². The first-order valence-corrected chi connectivity index (χ1v) is 8.29. The molecule has 5 nitrogen and oxygen atoms in total. The van der Waals surface area contributed by atoms with Gasteiger partial charge >= 0.3 is 0 Å². The van der Waals surface area contributed by atoms with Gasteiger partial charge in [-0.3, -0.25) is 0 Å². The molecule has 0 aliphatic heterocycles. The Morgan fingerprint density at radius 3 is 2.52 bits per heavy atom. The summed E-state index contributed by atoms with van der Waals surface area (Å²) in [4.78, 5) is 0. The summed E-state index contributed by atoms with van der Waals surface area (Å²) in [6.07, 6.45) is 3.44. The van der Waals surface area contributed by atoms with Crippen molar-refractivity contribution in [1.82, 2.24) is 5.32 Å². The van der Waals surface area contributed by atoms with Gasteiger partial charge in [0.15, 0.2) is 0 Å². The summed E-state index contributed by atoms with van der Waals surface area (Å²) in [5.74, 6) is 1.21. The van der Waals surface area contributed by atoms with E-state index in [1.807, 2.05) is 0 Å². The maximum absolute atomic E-state index is 10.1. The van der Waals surface area contributed by atoms with Crippen LogP contribution in [-0.4, -0.2) is 54.3 Å². The number of rotatable bonds is 4. The lowest BCUT2D eigenvalue weighted by Gasteiger charge is -2.43. The molecule has 124 valence electrons. The number of nitrogens with one attached hydrogen (secondary N) is 1. The van der Waals surface area contributed by atoms with E-state index in [2.05, 4.69) is 19.2 Å². The van der Waals surface area contributed by atoms with Gasteiger partial charge in [-0.2, -0.15) is 0 Å². The molecule has 0 saturated heterocycles. The van der Waals surface area contributed by atoms with Crippen molar-refractivity contribution in [3.05, 3.63) is 0 Å². The van der Waals surface area contributed by atoms with Crippen LogP contribution in [0.3, 0.4) is 0 Å². The topological polar surface area (TPSA) is 87.7 Å². The zero-order valence-electron chi connectivity index (χ0n) is 13.5. The summed E-state index contributed by atoms with van der Waals surface area (Å²) in [6, 6.07) is 0.333. The zero-order valence-corrected chi connectivity index (χ0v) is 13.5. The Balaban J connectivity index is 1.96. The highest BCUT2D eigenvalue weighted by molar-refractivity contribution is 4.95. The molecule has 8 atom stereocenters. The molecule has 4 unspecified atom stereocenters. The number of nitrogens with two attached hydrogens (primary N) is 1. The van der Waals surface area contributed by atoms with Crippen molar-refractivity contribution in [3.63, 3.8) is 0 Å². The van der Waals surface area contributed by atoms with Crippen LogP contribution in [0.5, 0.6) is 0 Å². The van der Waals surface area contributed by atoms with Crippen molar-refractivity contribution >= 4 is 0 Å². The summed E-state index contributed by atoms with van der Waals surface area (Å²) >= 11 is 0. The molecule has 0 spiro atoms. The largest absolute Gasteiger partial charge is 0.396 e. The van der Waals surface area contributed by atoms with Gasteiger partial charge < -0.3 is 26.0 Å². The van der Waals surface area contributed by atoms with Gasteiger partial charge in [0.25, 0.3) is 0 Å². The lowest BCUT2D eigenvalue weighted by molar-refractivity contribution is 0.00166. The van der Waals surface area contributed by atoms with E-state index >= 15 is 0 Å². The van der Waals surface area contributed by atoms with Crippen molar-refractivity contribution in [1.29, 1.82) is 0 Å². The van der Waals surface area contributed by atoms with E-state index < -0.39 is 6.10 Å². The highest BCUT2D eigenvalue weighted by atomic mass is 16.5. The monoisotopic (exact) mass is 300 g/mol. The normalized spacial score (nSPS) is 48.3. The quantitative estimate of drug-likeness (QED) is 0.607. The molecule has 0 amide bonds. The van der Waals surface area contributed by atoms with Gasteiger partial charge in [-0.05, 0) is 37.5 Å². The fourth-order valence-electron chi connectivity index (χ4n) is 4.05. The molecule has 2 fully saturated rings. The van der Waals surface area contributed by atoms with Gasteiger partial charge in [0.1, 0.15) is 0 Å². The minimum absolute atomic E-state index is 0.0132. The predicted molar refractivity (Wildman–Crippen MR) is 82.9 cm³/mol. The van der Waals surface area contributed by atoms with Crippen LogP contribution >= 0.6 is 0 Å². The number of ether oxygens (including phenoxy) is 1. The molecular formula is C16H32N2O3. The van der Waals surface area contributed by atoms with Gasteiger partial charge in [0.05, 0.1) is 12.2 Å². The molecule has 2 aliphatic carbocycles. The summed E-state index contributed by atoms with van der Waals surface area (Å²) in [5, 5.41) is 23.2. The van der Waals surface area contributed by atoms with Gasteiger partial charge in [0.2, 0.25) is 0 Å². The summed E-state index contributed by atoms with van der Waals surface area (Å²) < 4.78 is 5.56. The molecule has 2 rings (SSSR count). The van der Waals surface area contributed by atoms with Gasteiger partial charge in [-0.1, -0.05) is 13.8 Å². The lowest BCUT2D eigenvalue weighted by atomic mass is 9.75. The number of methoxy groups -OCH3 is 1. The summed E-state index contributed by atoms with van der Waals surface area (Å²) in [6.45, 7) is 4.63. The predicted octanol–water partition coefficient (Wildman–Crippen LogP) is 0.485. The molecule has 0 bridgehead atoms. The van der Waals surface area contributed by atoms with Gasteiger partial charge in [0, 0.05) is 37.8 Å². The Kier molecular flexibility index (Phi) is 6.03. The molecule has 0 heterocycles. The van der Waals surface area contributed by atoms with Crippen molar-refractivity contribution in [2.75, 3.05) is 13.7 Å². The second kappa shape index (κ2) is 7.38. The minimum atomic E-state index is -0.525. The van der Waals surface area contributed by atoms with Crippen LogP contribution in [0.1, 0.15) is 39.5 Å². The van der Waals surface area contributed by atoms with E-state index in [0.717, 1.165) is 19.3 Å². The molecule has 0 aromatic heterocycles. The smallest absolute Gasteiger partial charge is 0.0709 e.